The van der Waals surface area contributed by atoms with Crippen molar-refractivity contribution >= 4 is 17.3 Å². The standard InChI is InChI=1S/C16H24N2O3S/c1-18(16(22)17-10-14-5-4-8-21-14)11-12-6-7-13(19-2)9-15(12)20-3/h6-7,9,14H,4-5,8,10-11H2,1-3H3,(H,17,22)/t14-/m1/s1. The minimum atomic E-state index is 0.280. The van der Waals surface area contributed by atoms with Crippen molar-refractivity contribution in [2.45, 2.75) is 25.5 Å². The van der Waals surface area contributed by atoms with Crippen LogP contribution in [0.25, 0.3) is 0 Å². The molecule has 1 aliphatic rings. The van der Waals surface area contributed by atoms with Gasteiger partial charge in [0.1, 0.15) is 11.5 Å². The van der Waals surface area contributed by atoms with Crippen LogP contribution in [-0.4, -0.2) is 50.5 Å². The van der Waals surface area contributed by atoms with Gasteiger partial charge in [0.05, 0.1) is 20.3 Å². The molecule has 1 aliphatic heterocycles. The van der Waals surface area contributed by atoms with Crippen LogP contribution in [0.4, 0.5) is 0 Å². The summed E-state index contributed by atoms with van der Waals surface area (Å²) in [7, 11) is 5.27. The highest BCUT2D eigenvalue weighted by Gasteiger charge is 2.16. The van der Waals surface area contributed by atoms with Crippen molar-refractivity contribution in [3.63, 3.8) is 0 Å². The third-order valence-corrected chi connectivity index (χ3v) is 4.21. The molecule has 0 unspecified atom stereocenters. The first-order chi connectivity index (χ1) is 10.6. The lowest BCUT2D eigenvalue weighted by Crippen LogP contribution is -2.40. The fourth-order valence-electron chi connectivity index (χ4n) is 2.45. The van der Waals surface area contributed by atoms with E-state index in [1.54, 1.807) is 14.2 Å². The predicted octanol–water partition coefficient (Wildman–Crippen LogP) is 2.19. The number of methoxy groups -OCH3 is 2. The van der Waals surface area contributed by atoms with Gasteiger partial charge in [-0.15, -0.1) is 0 Å². The third kappa shape index (κ3) is 4.48. The zero-order chi connectivity index (χ0) is 15.9. The van der Waals surface area contributed by atoms with Crippen molar-refractivity contribution in [2.24, 2.45) is 0 Å². The van der Waals surface area contributed by atoms with Gasteiger partial charge >= 0.3 is 0 Å². The molecule has 0 aromatic heterocycles. The zero-order valence-corrected chi connectivity index (χ0v) is 14.2. The second kappa shape index (κ2) is 8.19. The molecule has 1 heterocycles. The van der Waals surface area contributed by atoms with Crippen LogP contribution in [0.2, 0.25) is 0 Å². The summed E-state index contributed by atoms with van der Waals surface area (Å²) in [5, 5.41) is 3.99. The Morgan fingerprint density at radius 3 is 2.86 bits per heavy atom. The number of nitrogens with one attached hydrogen (secondary N) is 1. The molecule has 1 aromatic carbocycles. The number of rotatable bonds is 6. The monoisotopic (exact) mass is 324 g/mol. The molecule has 0 spiro atoms. The number of benzene rings is 1. The van der Waals surface area contributed by atoms with Crippen LogP contribution in [0, 0.1) is 0 Å². The maximum absolute atomic E-state index is 5.59. The van der Waals surface area contributed by atoms with Crippen LogP contribution in [-0.2, 0) is 11.3 Å². The lowest BCUT2D eigenvalue weighted by Gasteiger charge is -2.23. The Labute approximate surface area is 137 Å². The SMILES string of the molecule is COc1ccc(CN(C)C(=S)NC[C@H]2CCCO2)c(OC)c1. The average molecular weight is 324 g/mol. The summed E-state index contributed by atoms with van der Waals surface area (Å²) in [4.78, 5) is 1.99. The Hall–Kier alpha value is -1.53. The molecule has 0 radical (unpaired) electrons. The van der Waals surface area contributed by atoms with Gasteiger partial charge in [-0.05, 0) is 37.2 Å². The highest BCUT2D eigenvalue weighted by molar-refractivity contribution is 7.80. The van der Waals surface area contributed by atoms with E-state index >= 15 is 0 Å². The largest absolute Gasteiger partial charge is 0.497 e. The summed E-state index contributed by atoms with van der Waals surface area (Å²) in [6.07, 6.45) is 2.52. The summed E-state index contributed by atoms with van der Waals surface area (Å²) in [6.45, 7) is 2.30. The third-order valence-electron chi connectivity index (χ3n) is 3.75. The molecule has 1 fully saturated rings. The zero-order valence-electron chi connectivity index (χ0n) is 13.4. The van der Waals surface area contributed by atoms with Crippen LogP contribution in [0.15, 0.2) is 18.2 Å². The Morgan fingerprint density at radius 1 is 1.41 bits per heavy atom. The van der Waals surface area contributed by atoms with Crippen LogP contribution < -0.4 is 14.8 Å². The number of hydrogen-bond acceptors (Lipinski definition) is 4. The smallest absolute Gasteiger partial charge is 0.169 e. The highest BCUT2D eigenvalue weighted by atomic mass is 32.1. The first kappa shape index (κ1) is 16.8. The molecule has 1 aromatic rings. The van der Waals surface area contributed by atoms with E-state index in [0.717, 1.165) is 43.1 Å². The molecule has 0 bridgehead atoms. The number of thiocarbonyl (C=S) groups is 1. The molecular formula is C16H24N2O3S. The van der Waals surface area contributed by atoms with Gasteiger partial charge in [-0.1, -0.05) is 0 Å². The minimum absolute atomic E-state index is 0.280. The molecule has 0 amide bonds. The van der Waals surface area contributed by atoms with Crippen LogP contribution in [0.5, 0.6) is 11.5 Å². The molecule has 0 aliphatic carbocycles. The molecule has 122 valence electrons. The van der Waals surface area contributed by atoms with Crippen molar-refractivity contribution < 1.29 is 14.2 Å². The van der Waals surface area contributed by atoms with Crippen molar-refractivity contribution in [1.29, 1.82) is 0 Å². The summed E-state index contributed by atoms with van der Waals surface area (Å²) in [6, 6.07) is 5.80. The van der Waals surface area contributed by atoms with Crippen LogP contribution in [0.1, 0.15) is 18.4 Å². The van der Waals surface area contributed by atoms with Gasteiger partial charge in [0, 0.05) is 38.4 Å². The second-order valence-corrected chi connectivity index (χ2v) is 5.74. The van der Waals surface area contributed by atoms with Gasteiger partial charge in [0.25, 0.3) is 0 Å². The van der Waals surface area contributed by atoms with E-state index in [9.17, 15) is 0 Å². The molecule has 6 heteroatoms. The Kier molecular flexibility index (Phi) is 6.27. The van der Waals surface area contributed by atoms with Gasteiger partial charge in [0.2, 0.25) is 0 Å². The van der Waals surface area contributed by atoms with Gasteiger partial charge in [0.15, 0.2) is 5.11 Å². The van der Waals surface area contributed by atoms with E-state index < -0.39 is 0 Å². The average Bonchev–Trinajstić information content (AvgIpc) is 3.06. The maximum atomic E-state index is 5.59. The van der Waals surface area contributed by atoms with Crippen molar-refractivity contribution in [1.82, 2.24) is 10.2 Å². The molecule has 5 nitrogen and oxygen atoms in total. The maximum Gasteiger partial charge on any atom is 0.169 e. The van der Waals surface area contributed by atoms with E-state index in [4.69, 9.17) is 26.4 Å². The molecule has 0 saturated carbocycles. The molecular weight excluding hydrogens is 300 g/mol. The Morgan fingerprint density at radius 2 is 2.23 bits per heavy atom. The molecule has 22 heavy (non-hydrogen) atoms. The van der Waals surface area contributed by atoms with Crippen LogP contribution in [0.3, 0.4) is 0 Å². The Balaban J connectivity index is 1.89. The van der Waals surface area contributed by atoms with E-state index in [0.29, 0.717) is 11.7 Å². The lowest BCUT2D eigenvalue weighted by atomic mass is 10.2. The van der Waals surface area contributed by atoms with Gasteiger partial charge in [-0.25, -0.2) is 0 Å². The summed E-state index contributed by atoms with van der Waals surface area (Å²) in [5.41, 5.74) is 1.06. The van der Waals surface area contributed by atoms with E-state index in [2.05, 4.69) is 5.32 Å². The fraction of sp³-hybridized carbons (Fsp3) is 0.562. The minimum Gasteiger partial charge on any atom is -0.497 e. The Bertz CT molecular complexity index is 504. The van der Waals surface area contributed by atoms with E-state index in [1.165, 1.54) is 0 Å². The quantitative estimate of drug-likeness (QED) is 0.809. The molecule has 1 saturated heterocycles. The predicted molar refractivity (Wildman–Crippen MR) is 90.6 cm³/mol. The first-order valence-electron chi connectivity index (χ1n) is 7.45. The summed E-state index contributed by atoms with van der Waals surface area (Å²) >= 11 is 5.43. The highest BCUT2D eigenvalue weighted by Crippen LogP contribution is 2.25. The van der Waals surface area contributed by atoms with E-state index in [1.807, 2.05) is 30.1 Å². The van der Waals surface area contributed by atoms with Gasteiger partial charge < -0.3 is 24.4 Å². The number of ether oxygens (including phenoxy) is 3. The van der Waals surface area contributed by atoms with Crippen molar-refractivity contribution in [2.75, 3.05) is 34.4 Å². The van der Waals surface area contributed by atoms with Crippen molar-refractivity contribution in [3.05, 3.63) is 23.8 Å². The fourth-order valence-corrected chi connectivity index (χ4v) is 2.60. The molecule has 1 atom stereocenters. The lowest BCUT2D eigenvalue weighted by molar-refractivity contribution is 0.113. The van der Waals surface area contributed by atoms with Crippen molar-refractivity contribution in [3.8, 4) is 11.5 Å². The molecule has 2 rings (SSSR count). The van der Waals surface area contributed by atoms with Gasteiger partial charge in [-0.2, -0.15) is 0 Å². The number of hydrogen-bond donors (Lipinski definition) is 1. The summed E-state index contributed by atoms with van der Waals surface area (Å²) in [5.74, 6) is 1.58. The normalized spacial score (nSPS) is 17.1. The van der Waals surface area contributed by atoms with Gasteiger partial charge in [-0.3, -0.25) is 0 Å². The molecule has 1 N–H and O–H groups in total. The van der Waals surface area contributed by atoms with Crippen LogP contribution >= 0.6 is 12.2 Å². The summed E-state index contributed by atoms with van der Waals surface area (Å²) < 4.78 is 16.2. The van der Waals surface area contributed by atoms with E-state index in [-0.39, 0.29) is 6.10 Å². The topological polar surface area (TPSA) is 43.0 Å². The number of nitrogens with zero attached hydrogens (tertiary/aromatic N) is 1. The first-order valence-corrected chi connectivity index (χ1v) is 7.86. The second-order valence-electron chi connectivity index (χ2n) is 5.35.